The maximum Gasteiger partial charge on any atom is 0.198 e. The summed E-state index contributed by atoms with van der Waals surface area (Å²) in [4.78, 5) is 3.42. The third-order valence-corrected chi connectivity index (χ3v) is 4.58. The molecule has 0 saturated heterocycles. The first-order valence-electron chi connectivity index (χ1n) is 3.90. The van der Waals surface area contributed by atoms with E-state index >= 15 is 0 Å². The van der Waals surface area contributed by atoms with Crippen LogP contribution < -0.4 is 4.98 Å². The van der Waals surface area contributed by atoms with Crippen LogP contribution in [0.15, 0.2) is 36.8 Å². The molecule has 62 valence electrons. The molecule has 0 aromatic heterocycles. The minimum absolute atomic E-state index is 1.01. The molecule has 0 aromatic carbocycles. The molecule has 0 aromatic rings. The normalized spacial score (nSPS) is 10.6. The van der Waals surface area contributed by atoms with Crippen molar-refractivity contribution in [2.24, 2.45) is 0 Å². The van der Waals surface area contributed by atoms with E-state index < -0.39 is 8.24 Å². The molecule has 0 heterocycles. The Hall–Kier alpha value is -0.603. The van der Waals surface area contributed by atoms with Crippen molar-refractivity contribution in [1.29, 1.82) is 0 Å². The SMILES string of the molecule is C=C[Si](C=C)(C=C)NCCC. The lowest BCUT2D eigenvalue weighted by Crippen LogP contribution is -2.46. The molecule has 0 aliphatic rings. The van der Waals surface area contributed by atoms with Gasteiger partial charge in [-0.05, 0) is 13.0 Å². The molecule has 11 heavy (non-hydrogen) atoms. The van der Waals surface area contributed by atoms with Crippen LogP contribution in [0.2, 0.25) is 0 Å². The second-order valence-corrected chi connectivity index (χ2v) is 5.92. The monoisotopic (exact) mass is 167 g/mol. The summed E-state index contributed by atoms with van der Waals surface area (Å²) >= 11 is 0. The van der Waals surface area contributed by atoms with Crippen LogP contribution in [0.4, 0.5) is 0 Å². The molecular weight excluding hydrogens is 150 g/mol. The highest BCUT2D eigenvalue weighted by Crippen LogP contribution is 2.01. The first kappa shape index (κ1) is 10.4. The Morgan fingerprint density at radius 3 is 1.91 bits per heavy atom. The van der Waals surface area contributed by atoms with Gasteiger partial charge in [-0.15, -0.1) is 19.7 Å². The van der Waals surface area contributed by atoms with Gasteiger partial charge in [0.25, 0.3) is 0 Å². The smallest absolute Gasteiger partial charge is 0.198 e. The van der Waals surface area contributed by atoms with Gasteiger partial charge in [-0.3, -0.25) is 0 Å². The Balaban J connectivity index is 4.16. The Kier molecular flexibility index (Phi) is 4.82. The molecule has 0 aliphatic carbocycles. The fourth-order valence-electron chi connectivity index (χ4n) is 0.808. The number of rotatable bonds is 6. The minimum Gasteiger partial charge on any atom is -0.328 e. The van der Waals surface area contributed by atoms with Crippen LogP contribution in [-0.4, -0.2) is 14.8 Å². The Morgan fingerprint density at radius 2 is 1.64 bits per heavy atom. The number of nitrogens with one attached hydrogen (secondary N) is 1. The predicted octanol–water partition coefficient (Wildman–Crippen LogP) is 2.11. The first-order valence-corrected chi connectivity index (χ1v) is 6.13. The van der Waals surface area contributed by atoms with Crippen molar-refractivity contribution < 1.29 is 0 Å². The predicted molar refractivity (Wildman–Crippen MR) is 54.6 cm³/mol. The zero-order chi connectivity index (χ0) is 8.74. The summed E-state index contributed by atoms with van der Waals surface area (Å²) in [6.45, 7) is 14.5. The van der Waals surface area contributed by atoms with Crippen molar-refractivity contribution in [1.82, 2.24) is 4.98 Å². The van der Waals surface area contributed by atoms with Gasteiger partial charge in [0.05, 0.1) is 0 Å². The van der Waals surface area contributed by atoms with E-state index in [2.05, 4.69) is 31.6 Å². The zero-order valence-electron chi connectivity index (χ0n) is 7.27. The van der Waals surface area contributed by atoms with Crippen LogP contribution in [0.3, 0.4) is 0 Å². The third-order valence-electron chi connectivity index (χ3n) is 1.69. The van der Waals surface area contributed by atoms with E-state index in [0.29, 0.717) is 0 Å². The average Bonchev–Trinajstić information content (AvgIpc) is 2.08. The van der Waals surface area contributed by atoms with Crippen molar-refractivity contribution >= 4 is 8.24 Å². The molecule has 1 N–H and O–H groups in total. The van der Waals surface area contributed by atoms with Gasteiger partial charge in [0.2, 0.25) is 0 Å². The fourth-order valence-corrected chi connectivity index (χ4v) is 2.42. The summed E-state index contributed by atoms with van der Waals surface area (Å²) in [5, 5.41) is 0. The molecule has 0 radical (unpaired) electrons. The molecule has 0 fully saturated rings. The van der Waals surface area contributed by atoms with E-state index in [1.165, 1.54) is 0 Å². The standard InChI is InChI=1S/C9H17NSi/c1-5-9-10-11(6-2,7-3)8-4/h6-8,10H,2-5,9H2,1H3. The van der Waals surface area contributed by atoms with Gasteiger partial charge in [0, 0.05) is 0 Å². The van der Waals surface area contributed by atoms with Crippen molar-refractivity contribution in [3.63, 3.8) is 0 Å². The summed E-state index contributed by atoms with van der Waals surface area (Å²) in [5.41, 5.74) is 5.84. The second-order valence-electron chi connectivity index (χ2n) is 2.47. The van der Waals surface area contributed by atoms with E-state index in [9.17, 15) is 0 Å². The lowest BCUT2D eigenvalue weighted by atomic mass is 10.5. The first-order chi connectivity index (χ1) is 5.24. The van der Waals surface area contributed by atoms with Crippen molar-refractivity contribution in [2.45, 2.75) is 13.3 Å². The molecule has 0 rings (SSSR count). The van der Waals surface area contributed by atoms with Crippen LogP contribution in [0.25, 0.3) is 0 Å². The maximum absolute atomic E-state index is 3.78. The molecule has 0 atom stereocenters. The van der Waals surface area contributed by atoms with E-state index in [1.54, 1.807) is 0 Å². The summed E-state index contributed by atoms with van der Waals surface area (Å²) < 4.78 is 0. The van der Waals surface area contributed by atoms with E-state index in [0.717, 1.165) is 13.0 Å². The Labute approximate surface area is 70.6 Å². The van der Waals surface area contributed by atoms with Gasteiger partial charge >= 0.3 is 0 Å². The van der Waals surface area contributed by atoms with E-state index in [1.807, 2.05) is 17.1 Å². The van der Waals surface area contributed by atoms with Gasteiger partial charge in [-0.25, -0.2) is 0 Å². The molecule has 0 saturated carbocycles. The molecular formula is C9H17NSi. The maximum atomic E-state index is 3.78. The van der Waals surface area contributed by atoms with E-state index in [-0.39, 0.29) is 0 Å². The van der Waals surface area contributed by atoms with Crippen molar-refractivity contribution in [3.8, 4) is 0 Å². The molecule has 0 amide bonds. The molecule has 0 spiro atoms. The third kappa shape index (κ3) is 2.86. The lowest BCUT2D eigenvalue weighted by molar-refractivity contribution is 0.850. The summed E-state index contributed by atoms with van der Waals surface area (Å²) in [6.07, 6.45) is 1.13. The molecule has 0 unspecified atom stereocenters. The molecule has 2 heteroatoms. The van der Waals surface area contributed by atoms with Gasteiger partial charge < -0.3 is 4.98 Å². The summed E-state index contributed by atoms with van der Waals surface area (Å²) in [5.74, 6) is 0. The Bertz CT molecular complexity index is 130. The summed E-state index contributed by atoms with van der Waals surface area (Å²) in [6, 6.07) is 0. The van der Waals surface area contributed by atoms with Gasteiger partial charge in [-0.2, -0.15) is 0 Å². The van der Waals surface area contributed by atoms with Gasteiger partial charge in [0.15, 0.2) is 8.24 Å². The topological polar surface area (TPSA) is 12.0 Å². The largest absolute Gasteiger partial charge is 0.328 e. The van der Waals surface area contributed by atoms with Gasteiger partial charge in [-0.1, -0.05) is 24.0 Å². The number of hydrogen-bond acceptors (Lipinski definition) is 1. The zero-order valence-corrected chi connectivity index (χ0v) is 8.27. The van der Waals surface area contributed by atoms with Crippen LogP contribution in [0.5, 0.6) is 0 Å². The summed E-state index contributed by atoms with van der Waals surface area (Å²) in [7, 11) is -1.70. The lowest BCUT2D eigenvalue weighted by Gasteiger charge is -2.20. The highest BCUT2D eigenvalue weighted by molar-refractivity contribution is 6.90. The van der Waals surface area contributed by atoms with E-state index in [4.69, 9.17) is 0 Å². The van der Waals surface area contributed by atoms with Crippen molar-refractivity contribution in [2.75, 3.05) is 6.54 Å². The Morgan fingerprint density at radius 1 is 1.18 bits per heavy atom. The number of hydrogen-bond donors (Lipinski definition) is 1. The highest BCUT2D eigenvalue weighted by Gasteiger charge is 2.19. The molecule has 1 nitrogen and oxygen atoms in total. The second kappa shape index (κ2) is 5.10. The quantitative estimate of drug-likeness (QED) is 0.597. The molecule has 0 bridgehead atoms. The minimum atomic E-state index is -1.70. The van der Waals surface area contributed by atoms with Crippen LogP contribution >= 0.6 is 0 Å². The average molecular weight is 167 g/mol. The fraction of sp³-hybridized carbons (Fsp3) is 0.333. The van der Waals surface area contributed by atoms with Crippen LogP contribution in [0, 0.1) is 0 Å². The van der Waals surface area contributed by atoms with Crippen molar-refractivity contribution in [3.05, 3.63) is 36.8 Å². The van der Waals surface area contributed by atoms with Gasteiger partial charge in [0.1, 0.15) is 0 Å². The van der Waals surface area contributed by atoms with Crippen LogP contribution in [0.1, 0.15) is 13.3 Å². The molecule has 0 aliphatic heterocycles. The van der Waals surface area contributed by atoms with Crippen LogP contribution in [-0.2, 0) is 0 Å². The highest BCUT2D eigenvalue weighted by atomic mass is 28.3.